The number of benzene rings is 4. The zero-order chi connectivity index (χ0) is 21.1. The smallest absolute Gasteiger partial charge is 0.230 e. The van der Waals surface area contributed by atoms with Crippen LogP contribution in [0.15, 0.2) is 103 Å². The summed E-state index contributed by atoms with van der Waals surface area (Å²) >= 11 is 0. The van der Waals surface area contributed by atoms with E-state index < -0.39 is 8.07 Å². The van der Waals surface area contributed by atoms with Gasteiger partial charge in [0.15, 0.2) is 5.41 Å². The maximum atomic E-state index is 14.7. The van der Waals surface area contributed by atoms with E-state index in [1.54, 1.807) is 0 Å². The van der Waals surface area contributed by atoms with Crippen LogP contribution in [0.1, 0.15) is 27.0 Å². The molecule has 0 radical (unpaired) electrons. The fraction of sp³-hybridized carbons (Fsp3) is 0.107. The van der Waals surface area contributed by atoms with Crippen LogP contribution in [0.5, 0.6) is 0 Å². The largest absolute Gasteiger partial charge is 0.299 e. The Hall–Kier alpha value is -3.23. The second-order valence-electron chi connectivity index (χ2n) is 7.95. The molecule has 4 aromatic rings. The van der Waals surface area contributed by atoms with Gasteiger partial charge in [0.05, 0.1) is 0 Å². The Morgan fingerprint density at radius 1 is 0.567 bits per heavy atom. The summed E-state index contributed by atoms with van der Waals surface area (Å²) in [5, 5.41) is 3.60. The van der Waals surface area contributed by atoms with E-state index in [9.17, 15) is 4.79 Å². The first kappa shape index (κ1) is 20.1. The Balaban J connectivity index is 2.12. The van der Waals surface area contributed by atoms with Crippen molar-refractivity contribution in [3.05, 3.63) is 125 Å². The van der Waals surface area contributed by atoms with Crippen LogP contribution in [0, 0.1) is 20.8 Å². The summed E-state index contributed by atoms with van der Waals surface area (Å²) in [4.78, 5) is 14.7. The van der Waals surface area contributed by atoms with Gasteiger partial charge in [-0.05, 0) is 47.5 Å². The van der Waals surface area contributed by atoms with Gasteiger partial charge in [0.1, 0.15) is 0 Å². The maximum Gasteiger partial charge on any atom is 0.230 e. The quantitative estimate of drug-likeness (QED) is 0.352. The van der Waals surface area contributed by atoms with Gasteiger partial charge in [0.2, 0.25) is 8.07 Å². The molecule has 0 amide bonds. The van der Waals surface area contributed by atoms with Crippen LogP contribution >= 0.6 is 0 Å². The number of rotatable bonds is 5. The third-order valence-corrected chi connectivity index (χ3v) is 10.4. The van der Waals surface area contributed by atoms with Crippen LogP contribution in [0.25, 0.3) is 0 Å². The van der Waals surface area contributed by atoms with Crippen LogP contribution in [0.4, 0.5) is 0 Å². The third-order valence-electron chi connectivity index (χ3n) is 5.87. The summed E-state index contributed by atoms with van der Waals surface area (Å²) in [6.45, 7) is 6.21. The van der Waals surface area contributed by atoms with E-state index in [2.05, 4.69) is 69.3 Å². The second kappa shape index (κ2) is 8.25. The highest BCUT2D eigenvalue weighted by molar-refractivity contribution is 7.31. The van der Waals surface area contributed by atoms with E-state index in [0.717, 1.165) is 32.3 Å². The van der Waals surface area contributed by atoms with E-state index in [-0.39, 0.29) is 5.41 Å². The molecule has 0 aromatic heterocycles. The van der Waals surface area contributed by atoms with Crippen LogP contribution in [-0.4, -0.2) is 13.5 Å². The van der Waals surface area contributed by atoms with Crippen LogP contribution < -0.4 is 15.6 Å². The van der Waals surface area contributed by atoms with Crippen molar-refractivity contribution in [3.8, 4) is 0 Å². The Labute approximate surface area is 180 Å². The van der Waals surface area contributed by atoms with Crippen molar-refractivity contribution in [2.75, 3.05) is 0 Å². The molecule has 0 aliphatic rings. The minimum Gasteiger partial charge on any atom is -0.299 e. The van der Waals surface area contributed by atoms with Crippen LogP contribution in [0.3, 0.4) is 0 Å². The van der Waals surface area contributed by atoms with E-state index in [1.165, 1.54) is 5.56 Å². The molecule has 148 valence electrons. The summed E-state index contributed by atoms with van der Waals surface area (Å²) in [7, 11) is -2.99. The van der Waals surface area contributed by atoms with Gasteiger partial charge in [0.25, 0.3) is 0 Å². The number of carbonyl (C=O) groups is 1. The average Bonchev–Trinajstić information content (AvgIpc) is 2.76. The molecule has 0 N–H and O–H groups in total. The van der Waals surface area contributed by atoms with Crippen molar-refractivity contribution < 1.29 is 4.79 Å². The lowest BCUT2D eigenvalue weighted by molar-refractivity contribution is 0.107. The zero-order valence-corrected chi connectivity index (χ0v) is 18.7. The highest BCUT2D eigenvalue weighted by atomic mass is 28.3. The SMILES string of the molecule is Cc1cc(C)c(C(=O)[Si](c2ccccc2)(c2ccccc2)c2ccccc2)c(C)c1. The summed E-state index contributed by atoms with van der Waals surface area (Å²) in [5.74, 6) is 0. The Kier molecular flexibility index (Phi) is 5.52. The minimum absolute atomic E-state index is 0.251. The van der Waals surface area contributed by atoms with Gasteiger partial charge in [-0.3, -0.25) is 4.79 Å². The fourth-order valence-electron chi connectivity index (χ4n) is 4.68. The third kappa shape index (κ3) is 3.34. The maximum absolute atomic E-state index is 14.7. The van der Waals surface area contributed by atoms with Crippen molar-refractivity contribution in [1.29, 1.82) is 0 Å². The summed E-state index contributed by atoms with van der Waals surface area (Å²) in [6, 6.07) is 35.4. The molecule has 0 aliphatic heterocycles. The number of carbonyl (C=O) groups excluding carboxylic acids is 1. The van der Waals surface area contributed by atoms with Gasteiger partial charge in [-0.1, -0.05) is 109 Å². The predicted octanol–water partition coefficient (Wildman–Crippen LogP) is 4.50. The molecule has 0 atom stereocenters. The summed E-state index contributed by atoms with van der Waals surface area (Å²) in [6.07, 6.45) is 0. The average molecular weight is 407 g/mol. The van der Waals surface area contributed by atoms with E-state index in [1.807, 2.05) is 54.6 Å². The normalized spacial score (nSPS) is 11.3. The standard InChI is InChI=1S/C28H26OSi/c1-21-19-22(2)27(23(3)20-21)28(29)30(24-13-7-4-8-14-24,25-15-9-5-10-16-25)26-17-11-6-12-18-26/h4-20H,1-3H3. The first-order valence-corrected chi connectivity index (χ1v) is 12.3. The fourth-order valence-corrected chi connectivity index (χ4v) is 9.32. The van der Waals surface area contributed by atoms with Gasteiger partial charge < -0.3 is 0 Å². The molecule has 30 heavy (non-hydrogen) atoms. The molecule has 0 spiro atoms. The molecule has 0 saturated heterocycles. The Morgan fingerprint density at radius 2 is 0.900 bits per heavy atom. The minimum atomic E-state index is -2.99. The molecule has 2 heteroatoms. The van der Waals surface area contributed by atoms with Gasteiger partial charge in [0, 0.05) is 5.56 Å². The molecule has 4 rings (SSSR count). The second-order valence-corrected chi connectivity index (χ2v) is 11.6. The van der Waals surface area contributed by atoms with Crippen LogP contribution in [-0.2, 0) is 0 Å². The molecular weight excluding hydrogens is 380 g/mol. The topological polar surface area (TPSA) is 17.1 Å². The summed E-state index contributed by atoms with van der Waals surface area (Å²) in [5.41, 5.74) is 4.16. The van der Waals surface area contributed by atoms with Crippen molar-refractivity contribution in [1.82, 2.24) is 0 Å². The van der Waals surface area contributed by atoms with Crippen molar-refractivity contribution in [3.63, 3.8) is 0 Å². The number of hydrogen-bond donors (Lipinski definition) is 0. The molecular formula is C28H26OSi. The highest BCUT2D eigenvalue weighted by Crippen LogP contribution is 2.22. The lowest BCUT2D eigenvalue weighted by Crippen LogP contribution is -2.72. The zero-order valence-electron chi connectivity index (χ0n) is 17.7. The lowest BCUT2D eigenvalue weighted by atomic mass is 10.0. The van der Waals surface area contributed by atoms with Crippen LogP contribution in [0.2, 0.25) is 0 Å². The number of hydrogen-bond acceptors (Lipinski definition) is 1. The van der Waals surface area contributed by atoms with E-state index in [4.69, 9.17) is 0 Å². The first-order valence-electron chi connectivity index (χ1n) is 10.3. The summed E-state index contributed by atoms with van der Waals surface area (Å²) < 4.78 is 0. The molecule has 4 aromatic carbocycles. The molecule has 0 heterocycles. The van der Waals surface area contributed by atoms with Crippen molar-refractivity contribution in [2.24, 2.45) is 0 Å². The van der Waals surface area contributed by atoms with Crippen molar-refractivity contribution >= 4 is 29.0 Å². The Bertz CT molecular complexity index is 1050. The molecule has 0 saturated carbocycles. The van der Waals surface area contributed by atoms with E-state index >= 15 is 0 Å². The van der Waals surface area contributed by atoms with E-state index in [0.29, 0.717) is 0 Å². The highest BCUT2D eigenvalue weighted by Gasteiger charge is 2.47. The molecule has 0 unspecified atom stereocenters. The Morgan fingerprint density at radius 3 is 1.23 bits per heavy atom. The van der Waals surface area contributed by atoms with Gasteiger partial charge in [-0.2, -0.15) is 0 Å². The molecule has 0 fully saturated rings. The number of aryl methyl sites for hydroxylation is 3. The van der Waals surface area contributed by atoms with Gasteiger partial charge in [-0.25, -0.2) is 0 Å². The predicted molar refractivity (Wildman–Crippen MR) is 129 cm³/mol. The van der Waals surface area contributed by atoms with Crippen molar-refractivity contribution in [2.45, 2.75) is 20.8 Å². The van der Waals surface area contributed by atoms with Gasteiger partial charge >= 0.3 is 0 Å². The lowest BCUT2D eigenvalue weighted by Gasteiger charge is -2.33. The molecule has 0 aliphatic carbocycles. The molecule has 0 bridgehead atoms. The monoisotopic (exact) mass is 406 g/mol. The first-order chi connectivity index (χ1) is 14.5. The van der Waals surface area contributed by atoms with Gasteiger partial charge in [-0.15, -0.1) is 0 Å². The molecule has 1 nitrogen and oxygen atoms in total.